The predicted octanol–water partition coefficient (Wildman–Crippen LogP) is 5.41. The Morgan fingerprint density at radius 3 is 2.85 bits per heavy atom. The molecule has 3 aliphatic rings. The standard InChI is InChI=1S/C20H19N3S3/c1-2-22-12-14(11-15-5-3-8-24-15)18-16(13-22)19(17-6-4-9-25-17)23-7-10-26-20(23)21-18/h3-11,19H,2,12-13H2,1H3/b14-11+. The molecule has 1 unspecified atom stereocenters. The van der Waals surface area contributed by atoms with Crippen molar-refractivity contribution in [3.8, 4) is 0 Å². The summed E-state index contributed by atoms with van der Waals surface area (Å²) in [7, 11) is 0. The summed E-state index contributed by atoms with van der Waals surface area (Å²) >= 11 is 5.36. The number of thiophene rings is 2. The van der Waals surface area contributed by atoms with Gasteiger partial charge in [-0.2, -0.15) is 0 Å². The third kappa shape index (κ3) is 2.81. The molecule has 5 heterocycles. The lowest BCUT2D eigenvalue weighted by atomic mass is 9.92. The van der Waals surface area contributed by atoms with Crippen LogP contribution in [0.1, 0.15) is 22.7 Å². The van der Waals surface area contributed by atoms with Crippen LogP contribution in [-0.2, 0) is 0 Å². The number of fused-ring (bicyclic) bond motifs is 1. The van der Waals surface area contributed by atoms with Crippen molar-refractivity contribution < 1.29 is 0 Å². The molecule has 6 heteroatoms. The average molecular weight is 398 g/mol. The van der Waals surface area contributed by atoms with E-state index in [4.69, 9.17) is 4.99 Å². The summed E-state index contributed by atoms with van der Waals surface area (Å²) in [6.07, 6.45) is 4.52. The van der Waals surface area contributed by atoms with Gasteiger partial charge in [0.15, 0.2) is 5.17 Å². The van der Waals surface area contributed by atoms with E-state index in [-0.39, 0.29) is 6.04 Å². The van der Waals surface area contributed by atoms with E-state index in [0.717, 1.165) is 24.8 Å². The minimum absolute atomic E-state index is 0.268. The highest BCUT2D eigenvalue weighted by Crippen LogP contribution is 2.45. The predicted molar refractivity (Wildman–Crippen MR) is 115 cm³/mol. The van der Waals surface area contributed by atoms with Crippen molar-refractivity contribution in [3.63, 3.8) is 0 Å². The fourth-order valence-electron chi connectivity index (χ4n) is 3.72. The second-order valence-corrected chi connectivity index (χ2v) is 9.32. The summed E-state index contributed by atoms with van der Waals surface area (Å²) in [5.74, 6) is 0. The van der Waals surface area contributed by atoms with Crippen LogP contribution in [0.15, 0.2) is 68.5 Å². The van der Waals surface area contributed by atoms with Crippen LogP contribution in [0.2, 0.25) is 0 Å². The number of amidine groups is 1. The summed E-state index contributed by atoms with van der Waals surface area (Å²) in [6, 6.07) is 8.99. The highest BCUT2D eigenvalue weighted by Gasteiger charge is 2.38. The Balaban J connectivity index is 1.67. The summed E-state index contributed by atoms with van der Waals surface area (Å²) < 4.78 is 0. The van der Waals surface area contributed by atoms with Gasteiger partial charge in [-0.1, -0.05) is 30.8 Å². The largest absolute Gasteiger partial charge is 0.315 e. The van der Waals surface area contributed by atoms with Gasteiger partial charge in [-0.05, 0) is 52.1 Å². The lowest BCUT2D eigenvalue weighted by molar-refractivity contribution is 0.303. The smallest absolute Gasteiger partial charge is 0.173 e. The maximum absolute atomic E-state index is 5.09. The van der Waals surface area contributed by atoms with Crippen molar-refractivity contribution in [2.24, 2.45) is 4.99 Å². The fraction of sp³-hybridized carbons (Fsp3) is 0.250. The molecule has 0 aliphatic carbocycles. The first-order valence-corrected chi connectivity index (χ1v) is 11.4. The van der Waals surface area contributed by atoms with E-state index >= 15 is 0 Å². The third-order valence-corrected chi connectivity index (χ3v) is 7.46. The molecule has 1 atom stereocenters. The number of hydrogen-bond acceptors (Lipinski definition) is 6. The Kier molecular flexibility index (Phi) is 4.36. The molecule has 0 saturated carbocycles. The van der Waals surface area contributed by atoms with Crippen LogP contribution in [0, 0.1) is 0 Å². The highest BCUT2D eigenvalue weighted by molar-refractivity contribution is 8.16. The molecule has 0 bridgehead atoms. The summed E-state index contributed by atoms with van der Waals surface area (Å²) in [4.78, 5) is 12.7. The van der Waals surface area contributed by atoms with E-state index < -0.39 is 0 Å². The van der Waals surface area contributed by atoms with Crippen LogP contribution in [0.5, 0.6) is 0 Å². The Morgan fingerprint density at radius 2 is 2.08 bits per heavy atom. The molecular weight excluding hydrogens is 378 g/mol. The second kappa shape index (κ2) is 6.85. The molecule has 132 valence electrons. The van der Waals surface area contributed by atoms with Crippen LogP contribution in [0.4, 0.5) is 0 Å². The van der Waals surface area contributed by atoms with Gasteiger partial charge >= 0.3 is 0 Å². The average Bonchev–Trinajstić information content (AvgIpc) is 3.41. The van der Waals surface area contributed by atoms with E-state index in [1.807, 2.05) is 11.3 Å². The van der Waals surface area contributed by atoms with Gasteiger partial charge in [0.2, 0.25) is 0 Å². The van der Waals surface area contributed by atoms with E-state index in [9.17, 15) is 0 Å². The van der Waals surface area contributed by atoms with Crippen molar-refractivity contribution >= 4 is 45.7 Å². The number of hydrogen-bond donors (Lipinski definition) is 0. The molecule has 0 amide bonds. The lowest BCUT2D eigenvalue weighted by Crippen LogP contribution is -2.40. The molecule has 3 nitrogen and oxygen atoms in total. The van der Waals surface area contributed by atoms with Gasteiger partial charge in [0.1, 0.15) is 0 Å². The zero-order chi connectivity index (χ0) is 17.5. The monoisotopic (exact) mass is 397 g/mol. The molecule has 0 fully saturated rings. The molecule has 26 heavy (non-hydrogen) atoms. The van der Waals surface area contributed by atoms with E-state index in [2.05, 4.69) is 69.4 Å². The van der Waals surface area contributed by atoms with Gasteiger partial charge in [-0.15, -0.1) is 22.7 Å². The number of nitrogens with zero attached hydrogens (tertiary/aromatic N) is 3. The van der Waals surface area contributed by atoms with Crippen LogP contribution >= 0.6 is 34.4 Å². The van der Waals surface area contributed by atoms with Gasteiger partial charge in [0.25, 0.3) is 0 Å². The molecule has 3 aliphatic heterocycles. The first-order valence-electron chi connectivity index (χ1n) is 8.77. The van der Waals surface area contributed by atoms with Gasteiger partial charge in [-0.3, -0.25) is 4.90 Å². The molecule has 0 aromatic carbocycles. The lowest BCUT2D eigenvalue weighted by Gasteiger charge is -2.40. The highest BCUT2D eigenvalue weighted by atomic mass is 32.2. The molecule has 0 saturated heterocycles. The van der Waals surface area contributed by atoms with Gasteiger partial charge < -0.3 is 4.90 Å². The SMILES string of the molecule is CCN1CC2=C(N=C3SC=CN3C2c2cccs2)/C(=C/c2cccs2)C1. The Bertz CT molecular complexity index is 920. The minimum atomic E-state index is 0.268. The Hall–Kier alpha value is -1.60. The molecule has 2 aromatic rings. The zero-order valence-electron chi connectivity index (χ0n) is 14.5. The fourth-order valence-corrected chi connectivity index (χ4v) is 6.00. The second-order valence-electron chi connectivity index (χ2n) is 6.48. The van der Waals surface area contributed by atoms with E-state index in [1.54, 1.807) is 23.1 Å². The molecular formula is C20H19N3S3. The van der Waals surface area contributed by atoms with Gasteiger partial charge in [0, 0.05) is 29.0 Å². The molecule has 0 radical (unpaired) electrons. The summed E-state index contributed by atoms with van der Waals surface area (Å²) in [5, 5.41) is 7.57. The van der Waals surface area contributed by atoms with Crippen LogP contribution < -0.4 is 0 Å². The maximum Gasteiger partial charge on any atom is 0.173 e. The molecule has 0 N–H and O–H groups in total. The van der Waals surface area contributed by atoms with Crippen LogP contribution in [-0.4, -0.2) is 34.6 Å². The van der Waals surface area contributed by atoms with Crippen molar-refractivity contribution in [1.29, 1.82) is 0 Å². The van der Waals surface area contributed by atoms with Gasteiger partial charge in [0.05, 0.1) is 11.7 Å². The summed E-state index contributed by atoms with van der Waals surface area (Å²) in [5.41, 5.74) is 3.99. The topological polar surface area (TPSA) is 18.8 Å². The Morgan fingerprint density at radius 1 is 1.19 bits per heavy atom. The van der Waals surface area contributed by atoms with Crippen LogP contribution in [0.25, 0.3) is 6.08 Å². The molecule has 0 spiro atoms. The normalized spacial score (nSPS) is 24.2. The quantitative estimate of drug-likeness (QED) is 0.690. The van der Waals surface area contributed by atoms with E-state index in [1.165, 1.54) is 26.6 Å². The van der Waals surface area contributed by atoms with Crippen molar-refractivity contribution in [3.05, 3.63) is 73.2 Å². The van der Waals surface area contributed by atoms with E-state index in [0.29, 0.717) is 0 Å². The first kappa shape index (κ1) is 16.6. The number of thioether (sulfide) groups is 1. The number of likely N-dealkylation sites (N-methyl/N-ethyl adjacent to an activating group) is 1. The van der Waals surface area contributed by atoms with Crippen molar-refractivity contribution in [2.45, 2.75) is 13.0 Å². The van der Waals surface area contributed by atoms with Crippen molar-refractivity contribution in [2.75, 3.05) is 19.6 Å². The van der Waals surface area contributed by atoms with Gasteiger partial charge in [-0.25, -0.2) is 4.99 Å². The number of rotatable bonds is 3. The summed E-state index contributed by atoms with van der Waals surface area (Å²) in [6.45, 7) is 5.26. The Labute approximate surface area is 166 Å². The zero-order valence-corrected chi connectivity index (χ0v) is 16.9. The number of aliphatic imine (C=N–C) groups is 1. The third-order valence-electron chi connectivity index (χ3n) is 4.95. The first-order chi connectivity index (χ1) is 12.8. The maximum atomic E-state index is 5.09. The molecule has 2 aromatic heterocycles. The molecule has 5 rings (SSSR count). The van der Waals surface area contributed by atoms with Crippen molar-refractivity contribution in [1.82, 2.24) is 9.80 Å². The minimum Gasteiger partial charge on any atom is -0.315 e. The van der Waals surface area contributed by atoms with Crippen LogP contribution in [0.3, 0.4) is 0 Å².